The molecule has 27 heavy (non-hydrogen) atoms. The van der Waals surface area contributed by atoms with Crippen LogP contribution >= 0.6 is 0 Å². The fraction of sp³-hybridized carbons (Fsp3) is 0.304. The third-order valence-electron chi connectivity index (χ3n) is 5.00. The molecule has 2 amide bonds. The van der Waals surface area contributed by atoms with Gasteiger partial charge in [-0.3, -0.25) is 9.59 Å². The molecule has 0 bridgehead atoms. The van der Waals surface area contributed by atoms with Crippen molar-refractivity contribution in [3.8, 4) is 0 Å². The number of anilines is 1. The molecule has 1 aliphatic rings. The predicted molar refractivity (Wildman–Crippen MR) is 109 cm³/mol. The average molecular weight is 362 g/mol. The van der Waals surface area contributed by atoms with Gasteiger partial charge in [0.15, 0.2) is 0 Å². The number of carbonyl (C=O) groups excluding carboxylic acids is 2. The van der Waals surface area contributed by atoms with E-state index in [9.17, 15) is 9.59 Å². The maximum absolute atomic E-state index is 12.5. The van der Waals surface area contributed by atoms with Crippen molar-refractivity contribution in [1.82, 2.24) is 4.90 Å². The third-order valence-corrected chi connectivity index (χ3v) is 5.00. The Balaban J connectivity index is 1.50. The van der Waals surface area contributed by atoms with Crippen molar-refractivity contribution in [2.24, 2.45) is 5.92 Å². The Morgan fingerprint density at radius 2 is 1.81 bits per heavy atom. The molecule has 0 aromatic heterocycles. The molecule has 2 aromatic rings. The normalized spacial score (nSPS) is 15.1. The van der Waals surface area contributed by atoms with Crippen LogP contribution in [0.15, 0.2) is 60.7 Å². The van der Waals surface area contributed by atoms with E-state index in [0.717, 1.165) is 17.7 Å². The number of piperidine rings is 1. The van der Waals surface area contributed by atoms with E-state index >= 15 is 0 Å². The lowest BCUT2D eigenvalue weighted by molar-refractivity contribution is -0.130. The number of aryl methyl sites for hydroxylation is 1. The van der Waals surface area contributed by atoms with Gasteiger partial charge in [0.25, 0.3) is 0 Å². The Bertz CT molecular complexity index is 806. The minimum atomic E-state index is -0.0440. The second kappa shape index (κ2) is 9.17. The number of benzene rings is 2. The summed E-state index contributed by atoms with van der Waals surface area (Å²) in [6, 6.07) is 17.7. The lowest BCUT2D eigenvalue weighted by Gasteiger charge is -2.30. The van der Waals surface area contributed by atoms with E-state index in [1.807, 2.05) is 59.5 Å². The quantitative estimate of drug-likeness (QED) is 0.813. The monoisotopic (exact) mass is 362 g/mol. The highest BCUT2D eigenvalue weighted by Gasteiger charge is 2.26. The van der Waals surface area contributed by atoms with Crippen LogP contribution in [0.2, 0.25) is 0 Å². The first-order chi connectivity index (χ1) is 13.2. The van der Waals surface area contributed by atoms with Gasteiger partial charge in [-0.15, -0.1) is 0 Å². The van der Waals surface area contributed by atoms with E-state index < -0.39 is 0 Å². The lowest BCUT2D eigenvalue weighted by atomic mass is 9.95. The number of carbonyl (C=O) groups is 2. The highest BCUT2D eigenvalue weighted by molar-refractivity contribution is 5.94. The largest absolute Gasteiger partial charge is 0.339 e. The van der Waals surface area contributed by atoms with Crippen LogP contribution in [0.5, 0.6) is 0 Å². The number of hydrogen-bond acceptors (Lipinski definition) is 2. The fourth-order valence-electron chi connectivity index (χ4n) is 3.31. The van der Waals surface area contributed by atoms with Crippen molar-refractivity contribution in [3.63, 3.8) is 0 Å². The molecule has 1 aliphatic heterocycles. The first-order valence-corrected chi connectivity index (χ1v) is 9.57. The molecule has 1 saturated heterocycles. The molecule has 0 spiro atoms. The first-order valence-electron chi connectivity index (χ1n) is 9.57. The molecular weight excluding hydrogens is 336 g/mol. The SMILES string of the molecule is CCc1cccc(NC(=O)C2CCN(C(=O)/C=C/c3ccccc3)CC2)c1. The van der Waals surface area contributed by atoms with Gasteiger partial charge in [0.2, 0.25) is 11.8 Å². The van der Waals surface area contributed by atoms with Gasteiger partial charge in [-0.05, 0) is 48.6 Å². The summed E-state index contributed by atoms with van der Waals surface area (Å²) in [6.45, 7) is 3.33. The Morgan fingerprint density at radius 3 is 2.52 bits per heavy atom. The summed E-state index contributed by atoms with van der Waals surface area (Å²) in [4.78, 5) is 26.7. The molecule has 3 rings (SSSR count). The molecule has 1 heterocycles. The molecule has 4 nitrogen and oxygen atoms in total. The number of rotatable bonds is 5. The second-order valence-corrected chi connectivity index (χ2v) is 6.89. The zero-order valence-electron chi connectivity index (χ0n) is 15.7. The van der Waals surface area contributed by atoms with Gasteiger partial charge in [-0.1, -0.05) is 49.4 Å². The minimum absolute atomic E-state index is 0.00774. The fourth-order valence-corrected chi connectivity index (χ4v) is 3.31. The maximum atomic E-state index is 12.5. The van der Waals surface area contributed by atoms with Crippen molar-refractivity contribution >= 4 is 23.6 Å². The van der Waals surface area contributed by atoms with Crippen LogP contribution in [0, 0.1) is 5.92 Å². The number of likely N-dealkylation sites (tertiary alicyclic amines) is 1. The predicted octanol–water partition coefficient (Wildman–Crippen LogP) is 4.14. The van der Waals surface area contributed by atoms with E-state index in [1.165, 1.54) is 5.56 Å². The molecule has 0 atom stereocenters. The zero-order valence-corrected chi connectivity index (χ0v) is 15.7. The summed E-state index contributed by atoms with van der Waals surface area (Å²) in [6.07, 6.45) is 5.79. The molecule has 0 radical (unpaired) electrons. The molecule has 2 aromatic carbocycles. The molecule has 1 fully saturated rings. The minimum Gasteiger partial charge on any atom is -0.339 e. The van der Waals surface area contributed by atoms with E-state index in [0.29, 0.717) is 25.9 Å². The van der Waals surface area contributed by atoms with Crippen LogP contribution in [-0.2, 0) is 16.0 Å². The maximum Gasteiger partial charge on any atom is 0.246 e. The summed E-state index contributed by atoms with van der Waals surface area (Å²) in [5.41, 5.74) is 3.07. The van der Waals surface area contributed by atoms with Crippen molar-refractivity contribution in [2.75, 3.05) is 18.4 Å². The van der Waals surface area contributed by atoms with E-state index in [-0.39, 0.29) is 17.7 Å². The summed E-state index contributed by atoms with van der Waals surface area (Å²) < 4.78 is 0. The van der Waals surface area contributed by atoms with Crippen molar-refractivity contribution < 1.29 is 9.59 Å². The number of amides is 2. The second-order valence-electron chi connectivity index (χ2n) is 6.89. The van der Waals surface area contributed by atoms with Gasteiger partial charge in [-0.25, -0.2) is 0 Å². The average Bonchev–Trinajstić information content (AvgIpc) is 2.73. The summed E-state index contributed by atoms with van der Waals surface area (Å²) in [7, 11) is 0. The van der Waals surface area contributed by atoms with Gasteiger partial charge >= 0.3 is 0 Å². The lowest BCUT2D eigenvalue weighted by Crippen LogP contribution is -2.40. The topological polar surface area (TPSA) is 49.4 Å². The van der Waals surface area contributed by atoms with Crippen LogP contribution in [0.3, 0.4) is 0 Å². The Morgan fingerprint density at radius 1 is 1.07 bits per heavy atom. The molecule has 1 N–H and O–H groups in total. The molecular formula is C23H26N2O2. The number of nitrogens with one attached hydrogen (secondary N) is 1. The molecule has 0 aliphatic carbocycles. The molecule has 4 heteroatoms. The standard InChI is InChI=1S/C23H26N2O2/c1-2-18-9-6-10-21(17-18)24-23(27)20-13-15-25(16-14-20)22(26)12-11-19-7-4-3-5-8-19/h3-12,17,20H,2,13-16H2,1H3,(H,24,27)/b12-11+. The molecule has 0 saturated carbocycles. The van der Waals surface area contributed by atoms with Crippen LogP contribution in [0.25, 0.3) is 6.08 Å². The van der Waals surface area contributed by atoms with Gasteiger partial charge in [0, 0.05) is 30.8 Å². The smallest absolute Gasteiger partial charge is 0.246 e. The van der Waals surface area contributed by atoms with Crippen LogP contribution in [0.4, 0.5) is 5.69 Å². The van der Waals surface area contributed by atoms with Crippen molar-refractivity contribution in [1.29, 1.82) is 0 Å². The summed E-state index contributed by atoms with van der Waals surface area (Å²) >= 11 is 0. The highest BCUT2D eigenvalue weighted by Crippen LogP contribution is 2.20. The molecule has 0 unspecified atom stereocenters. The summed E-state index contributed by atoms with van der Waals surface area (Å²) in [5.74, 6) is 0.0148. The van der Waals surface area contributed by atoms with Gasteiger partial charge in [-0.2, -0.15) is 0 Å². The van der Waals surface area contributed by atoms with Crippen LogP contribution in [-0.4, -0.2) is 29.8 Å². The molecule has 140 valence electrons. The first kappa shape index (κ1) is 18.9. The van der Waals surface area contributed by atoms with Gasteiger partial charge < -0.3 is 10.2 Å². The third kappa shape index (κ3) is 5.30. The van der Waals surface area contributed by atoms with E-state index in [2.05, 4.69) is 18.3 Å². The van der Waals surface area contributed by atoms with Gasteiger partial charge in [0.05, 0.1) is 0 Å². The van der Waals surface area contributed by atoms with Crippen molar-refractivity contribution in [2.45, 2.75) is 26.2 Å². The van der Waals surface area contributed by atoms with Gasteiger partial charge in [0.1, 0.15) is 0 Å². The summed E-state index contributed by atoms with van der Waals surface area (Å²) in [5, 5.41) is 3.02. The van der Waals surface area contributed by atoms with Crippen LogP contribution in [0.1, 0.15) is 30.9 Å². The Labute approximate surface area is 160 Å². The number of hydrogen-bond donors (Lipinski definition) is 1. The van der Waals surface area contributed by atoms with Crippen molar-refractivity contribution in [3.05, 3.63) is 71.8 Å². The van der Waals surface area contributed by atoms with Crippen LogP contribution < -0.4 is 5.32 Å². The highest BCUT2D eigenvalue weighted by atomic mass is 16.2. The van der Waals surface area contributed by atoms with E-state index in [1.54, 1.807) is 6.08 Å². The Hall–Kier alpha value is -2.88. The van der Waals surface area contributed by atoms with E-state index in [4.69, 9.17) is 0 Å². The number of nitrogens with zero attached hydrogens (tertiary/aromatic N) is 1. The zero-order chi connectivity index (χ0) is 19.1. The Kier molecular flexibility index (Phi) is 6.42.